The molecular formula is C24H29N3O4. The molecule has 2 aromatic rings. The number of piperidine rings is 1. The number of hydrogen-bond acceptors (Lipinski definition) is 6. The Balaban J connectivity index is 1.20. The molecule has 2 atom stereocenters. The van der Waals surface area contributed by atoms with Crippen LogP contribution in [-0.2, 0) is 13.1 Å². The second-order valence-corrected chi connectivity index (χ2v) is 9.85. The van der Waals surface area contributed by atoms with Crippen LogP contribution in [0.25, 0.3) is 0 Å². The molecule has 1 aliphatic carbocycles. The van der Waals surface area contributed by atoms with E-state index in [4.69, 9.17) is 9.47 Å². The van der Waals surface area contributed by atoms with Crippen molar-refractivity contribution >= 4 is 0 Å². The van der Waals surface area contributed by atoms with E-state index in [2.05, 4.69) is 29.1 Å². The molecule has 3 fully saturated rings. The second kappa shape index (κ2) is 7.07. The van der Waals surface area contributed by atoms with Gasteiger partial charge in [-0.3, -0.25) is 9.69 Å². The van der Waals surface area contributed by atoms with E-state index in [1.807, 2.05) is 6.07 Å². The maximum absolute atomic E-state index is 12.4. The van der Waals surface area contributed by atoms with Crippen molar-refractivity contribution in [2.75, 3.05) is 6.79 Å². The highest BCUT2D eigenvalue weighted by atomic mass is 16.7. The zero-order valence-electron chi connectivity index (χ0n) is 17.9. The molecular weight excluding hydrogens is 394 g/mol. The molecule has 164 valence electrons. The Bertz CT molecular complexity index is 1060. The lowest BCUT2D eigenvalue weighted by atomic mass is 9.85. The second-order valence-electron chi connectivity index (χ2n) is 9.85. The molecule has 1 N–H and O–H groups in total. The van der Waals surface area contributed by atoms with E-state index < -0.39 is 5.60 Å². The van der Waals surface area contributed by atoms with Gasteiger partial charge in [0.05, 0.1) is 17.8 Å². The molecule has 0 amide bonds. The average molecular weight is 424 g/mol. The maximum Gasteiger partial charge on any atom is 0.266 e. The zero-order chi connectivity index (χ0) is 21.2. The molecule has 2 bridgehead atoms. The van der Waals surface area contributed by atoms with Gasteiger partial charge in [0.25, 0.3) is 5.56 Å². The summed E-state index contributed by atoms with van der Waals surface area (Å²) in [5.41, 5.74) is 2.44. The van der Waals surface area contributed by atoms with Gasteiger partial charge in [-0.2, -0.15) is 5.10 Å². The Morgan fingerprint density at radius 3 is 2.52 bits per heavy atom. The van der Waals surface area contributed by atoms with Crippen LogP contribution < -0.4 is 15.0 Å². The quantitative estimate of drug-likeness (QED) is 0.797. The van der Waals surface area contributed by atoms with Crippen LogP contribution in [0, 0.1) is 6.92 Å². The number of rotatable bonds is 5. The van der Waals surface area contributed by atoms with Crippen molar-refractivity contribution in [3.05, 3.63) is 51.4 Å². The topological polar surface area (TPSA) is 76.8 Å². The van der Waals surface area contributed by atoms with Gasteiger partial charge >= 0.3 is 0 Å². The lowest BCUT2D eigenvalue weighted by Gasteiger charge is -2.44. The highest BCUT2D eigenvalue weighted by Crippen LogP contribution is 2.44. The standard InChI is InChI=1S/C24H29N3O4/c1-15-8-21-22(31-14-30-21)9-17(15)12-26-18-4-5-19(26)11-24(29,10-18)13-27-23(28)7-6-20(25-27)16-2-3-16/h6-9,16,18-19,29H,2-5,10-14H2,1H3/t18-,19-/m1/s1. The van der Waals surface area contributed by atoms with E-state index >= 15 is 0 Å². The van der Waals surface area contributed by atoms with E-state index in [9.17, 15) is 9.90 Å². The Kier molecular flexibility index (Phi) is 4.40. The summed E-state index contributed by atoms with van der Waals surface area (Å²) >= 11 is 0. The third-order valence-corrected chi connectivity index (χ3v) is 7.51. The number of nitrogens with zero attached hydrogens (tertiary/aromatic N) is 3. The van der Waals surface area contributed by atoms with Crippen LogP contribution in [0.15, 0.2) is 29.1 Å². The molecule has 0 spiro atoms. The number of aliphatic hydroxyl groups is 1. The van der Waals surface area contributed by atoms with Crippen LogP contribution in [0.1, 0.15) is 61.3 Å². The van der Waals surface area contributed by atoms with Crippen LogP contribution in [0.3, 0.4) is 0 Å². The number of aryl methyl sites for hydroxylation is 1. The molecule has 4 aliphatic rings. The van der Waals surface area contributed by atoms with Gasteiger partial charge in [0.1, 0.15) is 0 Å². The molecule has 6 rings (SSSR count). The molecule has 1 saturated carbocycles. The predicted octanol–water partition coefficient (Wildman–Crippen LogP) is 2.72. The fraction of sp³-hybridized carbons (Fsp3) is 0.583. The van der Waals surface area contributed by atoms with Gasteiger partial charge in [-0.05, 0) is 74.8 Å². The maximum atomic E-state index is 12.4. The normalized spacial score (nSPS) is 29.5. The summed E-state index contributed by atoms with van der Waals surface area (Å²) in [4.78, 5) is 14.9. The number of hydrogen-bond donors (Lipinski definition) is 1. The summed E-state index contributed by atoms with van der Waals surface area (Å²) in [6, 6.07) is 8.25. The van der Waals surface area contributed by atoms with Crippen LogP contribution in [0.5, 0.6) is 11.5 Å². The molecule has 1 aromatic carbocycles. The zero-order valence-corrected chi connectivity index (χ0v) is 17.9. The van der Waals surface area contributed by atoms with Crippen LogP contribution in [0.4, 0.5) is 0 Å². The Labute approximate surface area is 181 Å². The first-order valence-corrected chi connectivity index (χ1v) is 11.4. The monoisotopic (exact) mass is 423 g/mol. The molecule has 31 heavy (non-hydrogen) atoms. The lowest BCUT2D eigenvalue weighted by molar-refractivity contribution is -0.0678. The van der Waals surface area contributed by atoms with E-state index in [-0.39, 0.29) is 18.9 Å². The largest absolute Gasteiger partial charge is 0.454 e. The van der Waals surface area contributed by atoms with Gasteiger partial charge in [0.2, 0.25) is 6.79 Å². The number of benzene rings is 1. The molecule has 0 radical (unpaired) electrons. The van der Waals surface area contributed by atoms with Crippen molar-refractivity contribution in [3.8, 4) is 11.5 Å². The van der Waals surface area contributed by atoms with E-state index in [1.165, 1.54) is 15.8 Å². The van der Waals surface area contributed by atoms with Crippen molar-refractivity contribution in [1.82, 2.24) is 14.7 Å². The lowest BCUT2D eigenvalue weighted by Crippen LogP contribution is -2.53. The first kappa shape index (κ1) is 19.3. The SMILES string of the molecule is Cc1cc2c(cc1CN1[C@@H]3CC[C@@H]1CC(O)(Cn1nc(C4CC4)ccc1=O)C3)OCO2. The van der Waals surface area contributed by atoms with Gasteiger partial charge in [-0.25, -0.2) is 4.68 Å². The van der Waals surface area contributed by atoms with Gasteiger partial charge in [0.15, 0.2) is 11.5 Å². The van der Waals surface area contributed by atoms with Crippen LogP contribution >= 0.6 is 0 Å². The van der Waals surface area contributed by atoms with E-state index in [0.29, 0.717) is 30.8 Å². The molecule has 1 aromatic heterocycles. The minimum absolute atomic E-state index is 0.122. The molecule has 0 unspecified atom stereocenters. The first-order chi connectivity index (χ1) is 15.0. The summed E-state index contributed by atoms with van der Waals surface area (Å²) in [5, 5.41) is 16.1. The minimum atomic E-state index is -0.884. The van der Waals surface area contributed by atoms with Crippen molar-refractivity contribution in [2.45, 2.75) is 82.1 Å². The molecule has 2 saturated heterocycles. The fourth-order valence-electron chi connectivity index (χ4n) is 5.71. The van der Waals surface area contributed by atoms with Gasteiger partial charge in [0, 0.05) is 30.6 Å². The minimum Gasteiger partial charge on any atom is -0.454 e. The molecule has 7 nitrogen and oxygen atoms in total. The van der Waals surface area contributed by atoms with Gasteiger partial charge in [-0.1, -0.05) is 0 Å². The van der Waals surface area contributed by atoms with Crippen LogP contribution in [-0.4, -0.2) is 44.3 Å². The average Bonchev–Trinajstić information content (AvgIpc) is 3.43. The number of aromatic nitrogens is 2. The number of fused-ring (bicyclic) bond motifs is 3. The molecule has 7 heteroatoms. The Morgan fingerprint density at radius 1 is 1.10 bits per heavy atom. The van der Waals surface area contributed by atoms with Crippen molar-refractivity contribution in [2.24, 2.45) is 0 Å². The summed E-state index contributed by atoms with van der Waals surface area (Å²) in [6.07, 6.45) is 5.81. The fourth-order valence-corrected chi connectivity index (χ4v) is 5.71. The van der Waals surface area contributed by atoms with E-state index in [1.54, 1.807) is 6.07 Å². The predicted molar refractivity (Wildman–Crippen MR) is 114 cm³/mol. The highest BCUT2D eigenvalue weighted by Gasteiger charge is 2.48. The van der Waals surface area contributed by atoms with Crippen molar-refractivity contribution in [3.63, 3.8) is 0 Å². The van der Waals surface area contributed by atoms with E-state index in [0.717, 1.165) is 49.4 Å². The van der Waals surface area contributed by atoms with Gasteiger partial charge < -0.3 is 14.6 Å². The van der Waals surface area contributed by atoms with Crippen molar-refractivity contribution < 1.29 is 14.6 Å². The third kappa shape index (κ3) is 3.53. The Morgan fingerprint density at radius 2 is 1.81 bits per heavy atom. The summed E-state index contributed by atoms with van der Waals surface area (Å²) in [7, 11) is 0. The van der Waals surface area contributed by atoms with Gasteiger partial charge in [-0.15, -0.1) is 0 Å². The highest BCUT2D eigenvalue weighted by molar-refractivity contribution is 5.48. The molecule has 4 heterocycles. The summed E-state index contributed by atoms with van der Waals surface area (Å²) in [5.74, 6) is 2.13. The van der Waals surface area contributed by atoms with Crippen molar-refractivity contribution in [1.29, 1.82) is 0 Å². The smallest absolute Gasteiger partial charge is 0.266 e. The Hall–Kier alpha value is -2.38. The third-order valence-electron chi connectivity index (χ3n) is 7.51. The first-order valence-electron chi connectivity index (χ1n) is 11.4. The summed E-state index contributed by atoms with van der Waals surface area (Å²) in [6.45, 7) is 3.54. The molecule has 3 aliphatic heterocycles. The number of ether oxygens (including phenoxy) is 2. The summed E-state index contributed by atoms with van der Waals surface area (Å²) < 4.78 is 12.6. The van der Waals surface area contributed by atoms with Crippen LogP contribution in [0.2, 0.25) is 0 Å².